The van der Waals surface area contributed by atoms with Crippen molar-refractivity contribution in [3.05, 3.63) is 65.2 Å². The molecule has 4 heteroatoms. The minimum absolute atomic E-state index is 0.00858. The number of halogens is 1. The molecule has 0 aliphatic heterocycles. The Bertz CT molecular complexity index is 833. The zero-order chi connectivity index (χ0) is 19.9. The molecule has 2 bridgehead atoms. The van der Waals surface area contributed by atoms with Crippen LogP contribution in [0.4, 0.5) is 5.69 Å². The molecule has 0 amide bonds. The zero-order valence-electron chi connectivity index (χ0n) is 16.7. The molecule has 5 atom stereocenters. The highest BCUT2D eigenvalue weighted by Gasteiger charge is 2.58. The minimum atomic E-state index is -0.546. The molecule has 0 radical (unpaired) electrons. The monoisotopic (exact) mass is 397 g/mol. The number of anilines is 1. The molecule has 3 saturated carbocycles. The van der Waals surface area contributed by atoms with Crippen molar-refractivity contribution in [2.45, 2.75) is 45.8 Å². The Morgan fingerprint density at radius 3 is 2.43 bits per heavy atom. The highest BCUT2D eigenvalue weighted by molar-refractivity contribution is 6.30. The third-order valence-corrected chi connectivity index (χ3v) is 7.19. The first-order chi connectivity index (χ1) is 13.4. The van der Waals surface area contributed by atoms with Crippen molar-refractivity contribution >= 4 is 23.3 Å². The van der Waals surface area contributed by atoms with Gasteiger partial charge in [0.1, 0.15) is 6.10 Å². The molecule has 2 aromatic rings. The molecule has 3 fully saturated rings. The molecule has 5 rings (SSSR count). The molecule has 0 heterocycles. The maximum atomic E-state index is 13.3. The molecule has 148 valence electrons. The lowest BCUT2D eigenvalue weighted by molar-refractivity contribution is -0.197. The van der Waals surface area contributed by atoms with E-state index in [1.807, 2.05) is 54.6 Å². The number of esters is 1. The van der Waals surface area contributed by atoms with Gasteiger partial charge in [-0.2, -0.15) is 0 Å². The lowest BCUT2D eigenvalue weighted by atomic mass is 9.46. The highest BCUT2D eigenvalue weighted by Crippen LogP contribution is 2.61. The van der Waals surface area contributed by atoms with E-state index in [-0.39, 0.29) is 17.5 Å². The predicted molar refractivity (Wildman–Crippen MR) is 113 cm³/mol. The van der Waals surface area contributed by atoms with Crippen LogP contribution in [0.3, 0.4) is 0 Å². The molecule has 1 unspecified atom stereocenters. The normalized spacial score (nSPS) is 28.7. The van der Waals surface area contributed by atoms with Crippen LogP contribution in [0.1, 0.15) is 45.2 Å². The standard InChI is InChI=1S/C24H28ClNO2/c1-15-13-17-14-20(24(17,2)3)22(15)28-23(27)21(16-7-5-4-6-8-16)26-19-11-9-18(25)10-12-19/h4-12,15,17,20-22,26H,13-14H2,1-3H3/t15-,17-,20-,21?,22+/m1/s1. The molecule has 2 aromatic carbocycles. The van der Waals surface area contributed by atoms with E-state index in [2.05, 4.69) is 26.1 Å². The van der Waals surface area contributed by atoms with Gasteiger partial charge in [0.05, 0.1) is 0 Å². The Hall–Kier alpha value is -2.00. The number of hydrogen-bond donors (Lipinski definition) is 1. The molecule has 3 aliphatic rings. The Morgan fingerprint density at radius 1 is 1.11 bits per heavy atom. The third-order valence-electron chi connectivity index (χ3n) is 6.94. The van der Waals surface area contributed by atoms with Crippen LogP contribution in [0.5, 0.6) is 0 Å². The van der Waals surface area contributed by atoms with Gasteiger partial charge in [-0.15, -0.1) is 0 Å². The van der Waals surface area contributed by atoms with E-state index in [1.165, 1.54) is 6.42 Å². The predicted octanol–water partition coefficient (Wildman–Crippen LogP) is 6.11. The van der Waals surface area contributed by atoms with Crippen LogP contribution in [0.15, 0.2) is 54.6 Å². The van der Waals surface area contributed by atoms with Crippen LogP contribution in [0.2, 0.25) is 5.02 Å². The van der Waals surface area contributed by atoms with Gasteiger partial charge in [0.25, 0.3) is 0 Å². The molecular formula is C24H28ClNO2. The Labute approximate surface area is 172 Å². The van der Waals surface area contributed by atoms with E-state index in [0.29, 0.717) is 16.9 Å². The van der Waals surface area contributed by atoms with Gasteiger partial charge >= 0.3 is 5.97 Å². The Kier molecular flexibility index (Phi) is 5.13. The maximum absolute atomic E-state index is 13.3. The van der Waals surface area contributed by atoms with Gasteiger partial charge < -0.3 is 10.1 Å². The molecule has 0 saturated heterocycles. The van der Waals surface area contributed by atoms with Crippen molar-refractivity contribution in [3.8, 4) is 0 Å². The summed E-state index contributed by atoms with van der Waals surface area (Å²) in [5, 5.41) is 4.01. The second-order valence-electron chi connectivity index (χ2n) is 8.97. The van der Waals surface area contributed by atoms with Gasteiger partial charge in [-0.05, 0) is 59.9 Å². The molecular weight excluding hydrogens is 370 g/mol. The smallest absolute Gasteiger partial charge is 0.333 e. The van der Waals surface area contributed by atoms with Crippen LogP contribution in [-0.4, -0.2) is 12.1 Å². The average Bonchev–Trinajstić information content (AvgIpc) is 2.69. The lowest BCUT2D eigenvalue weighted by Gasteiger charge is -2.61. The van der Waals surface area contributed by atoms with Gasteiger partial charge in [0.15, 0.2) is 6.04 Å². The highest BCUT2D eigenvalue weighted by atomic mass is 35.5. The first kappa shape index (κ1) is 19.3. The summed E-state index contributed by atoms with van der Waals surface area (Å²) in [6.07, 6.45) is 2.31. The lowest BCUT2D eigenvalue weighted by Crippen LogP contribution is -2.59. The topological polar surface area (TPSA) is 38.3 Å². The summed E-state index contributed by atoms with van der Waals surface area (Å²) in [6, 6.07) is 16.6. The van der Waals surface area contributed by atoms with Crippen molar-refractivity contribution in [1.29, 1.82) is 0 Å². The SMILES string of the molecule is C[C@@H]1C[C@@H]2C[C@H]([C@H]1OC(=O)C(Nc1ccc(Cl)cc1)c1ccccc1)C2(C)C. The van der Waals surface area contributed by atoms with Gasteiger partial charge in [0.2, 0.25) is 0 Å². The van der Waals surface area contributed by atoms with Crippen LogP contribution in [0, 0.1) is 23.2 Å². The summed E-state index contributed by atoms with van der Waals surface area (Å²) in [5.41, 5.74) is 2.01. The number of carbonyl (C=O) groups excluding carboxylic acids is 1. The quantitative estimate of drug-likeness (QED) is 0.619. The summed E-state index contributed by atoms with van der Waals surface area (Å²) >= 11 is 6.00. The summed E-state index contributed by atoms with van der Waals surface area (Å²) in [4.78, 5) is 13.3. The van der Waals surface area contributed by atoms with Gasteiger partial charge in [-0.3, -0.25) is 0 Å². The fourth-order valence-electron chi connectivity index (χ4n) is 5.03. The van der Waals surface area contributed by atoms with Crippen LogP contribution < -0.4 is 5.32 Å². The van der Waals surface area contributed by atoms with Crippen molar-refractivity contribution in [1.82, 2.24) is 0 Å². The first-order valence-electron chi connectivity index (χ1n) is 10.1. The number of nitrogens with one attached hydrogen (secondary N) is 1. The number of fused-ring (bicyclic) bond motifs is 2. The van der Waals surface area contributed by atoms with Gasteiger partial charge in [0, 0.05) is 16.6 Å². The maximum Gasteiger partial charge on any atom is 0.333 e. The number of hydrogen-bond acceptors (Lipinski definition) is 3. The average molecular weight is 398 g/mol. The molecule has 28 heavy (non-hydrogen) atoms. The fourth-order valence-corrected chi connectivity index (χ4v) is 5.16. The second kappa shape index (κ2) is 7.44. The largest absolute Gasteiger partial charge is 0.460 e. The molecule has 0 spiro atoms. The van der Waals surface area contributed by atoms with E-state index in [1.54, 1.807) is 0 Å². The molecule has 0 aromatic heterocycles. The Balaban J connectivity index is 1.55. The van der Waals surface area contributed by atoms with E-state index < -0.39 is 6.04 Å². The van der Waals surface area contributed by atoms with E-state index in [4.69, 9.17) is 16.3 Å². The van der Waals surface area contributed by atoms with Crippen molar-refractivity contribution in [2.75, 3.05) is 5.32 Å². The summed E-state index contributed by atoms with van der Waals surface area (Å²) < 4.78 is 6.17. The second-order valence-corrected chi connectivity index (χ2v) is 9.41. The van der Waals surface area contributed by atoms with Crippen molar-refractivity contribution in [3.63, 3.8) is 0 Å². The van der Waals surface area contributed by atoms with Crippen LogP contribution >= 0.6 is 11.6 Å². The summed E-state index contributed by atoms with van der Waals surface area (Å²) in [7, 11) is 0. The van der Waals surface area contributed by atoms with Crippen molar-refractivity contribution < 1.29 is 9.53 Å². The Morgan fingerprint density at radius 2 is 1.79 bits per heavy atom. The summed E-state index contributed by atoms with van der Waals surface area (Å²) in [6.45, 7) is 6.86. The number of ether oxygens (including phenoxy) is 1. The van der Waals surface area contributed by atoms with E-state index in [9.17, 15) is 4.79 Å². The third kappa shape index (κ3) is 3.53. The van der Waals surface area contributed by atoms with Crippen LogP contribution in [0.25, 0.3) is 0 Å². The molecule has 3 nitrogen and oxygen atoms in total. The number of rotatable bonds is 5. The van der Waals surface area contributed by atoms with Crippen LogP contribution in [-0.2, 0) is 9.53 Å². The number of carbonyl (C=O) groups is 1. The molecule has 3 aliphatic carbocycles. The fraction of sp³-hybridized carbons (Fsp3) is 0.458. The van der Waals surface area contributed by atoms with Gasteiger partial charge in [-0.1, -0.05) is 62.7 Å². The number of benzene rings is 2. The van der Waals surface area contributed by atoms with Gasteiger partial charge in [-0.25, -0.2) is 4.79 Å². The minimum Gasteiger partial charge on any atom is -0.460 e. The summed E-state index contributed by atoms with van der Waals surface area (Å²) in [5.74, 6) is 1.42. The first-order valence-corrected chi connectivity index (χ1v) is 10.5. The van der Waals surface area contributed by atoms with E-state index >= 15 is 0 Å². The zero-order valence-corrected chi connectivity index (χ0v) is 17.4. The molecule has 1 N–H and O–H groups in total. The van der Waals surface area contributed by atoms with E-state index in [0.717, 1.165) is 23.6 Å². The van der Waals surface area contributed by atoms with Crippen molar-refractivity contribution in [2.24, 2.45) is 23.2 Å².